The number of unbranched alkanes of at least 4 members (excludes halogenated alkanes) is 2. The van der Waals surface area contributed by atoms with Gasteiger partial charge < -0.3 is 9.47 Å². The first-order chi connectivity index (χ1) is 13.1. The summed E-state index contributed by atoms with van der Waals surface area (Å²) in [4.78, 5) is 36.2. The molecule has 0 unspecified atom stereocenters. The van der Waals surface area contributed by atoms with E-state index < -0.39 is 12.1 Å². The summed E-state index contributed by atoms with van der Waals surface area (Å²) in [5, 5.41) is 0. The summed E-state index contributed by atoms with van der Waals surface area (Å²) in [7, 11) is 0. The summed E-state index contributed by atoms with van der Waals surface area (Å²) in [6.45, 7) is 2.11. The molecule has 144 valence electrons. The van der Waals surface area contributed by atoms with Crippen LogP contribution in [0.15, 0.2) is 42.0 Å². The van der Waals surface area contributed by atoms with E-state index in [2.05, 4.69) is 6.92 Å². The summed E-state index contributed by atoms with van der Waals surface area (Å²) in [6, 6.07) is 8.82. The molecule has 0 bridgehead atoms. The molecular formula is C22H26O5. The van der Waals surface area contributed by atoms with Crippen LogP contribution in [0.5, 0.6) is 0 Å². The predicted molar refractivity (Wildman–Crippen MR) is 100 cm³/mol. The molecule has 0 radical (unpaired) electrons. The lowest BCUT2D eigenvalue weighted by atomic mass is 9.96. The van der Waals surface area contributed by atoms with Crippen molar-refractivity contribution in [2.45, 2.75) is 64.1 Å². The minimum atomic E-state index is -0.441. The third-order valence-corrected chi connectivity index (χ3v) is 5.25. The molecule has 0 aromatic heterocycles. The molecule has 1 aliphatic carbocycles. The smallest absolute Gasteiger partial charge is 0.338 e. The van der Waals surface area contributed by atoms with Gasteiger partial charge in [-0.2, -0.15) is 0 Å². The molecule has 1 saturated carbocycles. The van der Waals surface area contributed by atoms with E-state index in [1.165, 1.54) is 0 Å². The largest absolute Gasteiger partial charge is 0.462 e. The Bertz CT molecular complexity index is 721. The Morgan fingerprint density at radius 3 is 2.74 bits per heavy atom. The van der Waals surface area contributed by atoms with Gasteiger partial charge in [0.05, 0.1) is 12.0 Å². The normalized spacial score (nSPS) is 25.3. The van der Waals surface area contributed by atoms with E-state index in [-0.39, 0.29) is 23.8 Å². The predicted octanol–water partition coefficient (Wildman–Crippen LogP) is 4.01. The van der Waals surface area contributed by atoms with Gasteiger partial charge in [-0.05, 0) is 24.1 Å². The fourth-order valence-corrected chi connectivity index (χ4v) is 3.82. The van der Waals surface area contributed by atoms with E-state index in [0.717, 1.165) is 24.8 Å². The molecule has 3 rings (SSSR count). The number of allylic oxidation sites excluding steroid dienone is 1. The molecular weight excluding hydrogens is 344 g/mol. The fourth-order valence-electron chi connectivity index (χ4n) is 3.82. The number of fused-ring (bicyclic) bond motifs is 1. The quantitative estimate of drug-likeness (QED) is 0.393. The number of carbonyl (C=O) groups is 3. The molecule has 0 amide bonds. The van der Waals surface area contributed by atoms with Crippen molar-refractivity contribution in [3.63, 3.8) is 0 Å². The van der Waals surface area contributed by atoms with E-state index in [1.54, 1.807) is 24.3 Å². The fraction of sp³-hybridized carbons (Fsp3) is 0.500. The highest BCUT2D eigenvalue weighted by Crippen LogP contribution is 2.42. The molecule has 0 N–H and O–H groups in total. The Morgan fingerprint density at radius 2 is 2.00 bits per heavy atom. The molecule has 2 fully saturated rings. The number of hydrogen-bond acceptors (Lipinski definition) is 5. The zero-order valence-electron chi connectivity index (χ0n) is 15.7. The van der Waals surface area contributed by atoms with Gasteiger partial charge in [-0.1, -0.05) is 44.0 Å². The first kappa shape index (κ1) is 19.3. The van der Waals surface area contributed by atoms with Crippen molar-refractivity contribution in [3.05, 3.63) is 47.5 Å². The lowest BCUT2D eigenvalue weighted by molar-refractivity contribution is -0.141. The molecule has 27 heavy (non-hydrogen) atoms. The van der Waals surface area contributed by atoms with Gasteiger partial charge in [0.1, 0.15) is 18.0 Å². The summed E-state index contributed by atoms with van der Waals surface area (Å²) in [6.07, 6.45) is 5.83. The molecule has 2 aliphatic rings. The summed E-state index contributed by atoms with van der Waals surface area (Å²) >= 11 is 0. The minimum Gasteiger partial charge on any atom is -0.462 e. The second-order valence-corrected chi connectivity index (χ2v) is 7.24. The van der Waals surface area contributed by atoms with Crippen LogP contribution in [0.1, 0.15) is 62.2 Å². The topological polar surface area (TPSA) is 69.7 Å². The maximum absolute atomic E-state index is 12.4. The van der Waals surface area contributed by atoms with Gasteiger partial charge in [-0.25, -0.2) is 4.79 Å². The maximum Gasteiger partial charge on any atom is 0.338 e. The standard InChI is InChI=1S/C22H26O5/c1-2-3-5-10-16(23)11-12-17-18-13-21(24)26-20(18)14-19(17)27-22(25)15-8-6-4-7-9-15/h4,6-9,12,18-20H,2-3,5,10-11,13-14H2,1H3/t18-,19-,20+/m1/s1. The molecule has 1 saturated heterocycles. The second-order valence-electron chi connectivity index (χ2n) is 7.24. The van der Waals surface area contributed by atoms with Gasteiger partial charge in [0.15, 0.2) is 0 Å². The number of carbonyl (C=O) groups excluding carboxylic acids is 3. The molecule has 1 heterocycles. The van der Waals surface area contributed by atoms with Gasteiger partial charge in [0.25, 0.3) is 0 Å². The van der Waals surface area contributed by atoms with Gasteiger partial charge in [0.2, 0.25) is 0 Å². The number of benzene rings is 1. The zero-order chi connectivity index (χ0) is 19.2. The Balaban J connectivity index is 1.68. The van der Waals surface area contributed by atoms with Gasteiger partial charge in [-0.3, -0.25) is 9.59 Å². The SMILES string of the molecule is CCCCCC(=O)CC=C1[C@H]2CC(=O)O[C@H]2C[C@H]1OC(=O)c1ccccc1. The number of ether oxygens (including phenoxy) is 2. The van der Waals surface area contributed by atoms with Crippen LogP contribution in [-0.4, -0.2) is 29.9 Å². The number of esters is 2. The van der Waals surface area contributed by atoms with Crippen LogP contribution in [0.25, 0.3) is 0 Å². The average Bonchev–Trinajstić information content (AvgIpc) is 3.16. The van der Waals surface area contributed by atoms with Crippen LogP contribution in [0.4, 0.5) is 0 Å². The third kappa shape index (κ3) is 4.85. The van der Waals surface area contributed by atoms with Gasteiger partial charge >= 0.3 is 11.9 Å². The van der Waals surface area contributed by atoms with E-state index in [0.29, 0.717) is 31.2 Å². The molecule has 1 aromatic rings. The number of ketones is 1. The first-order valence-electron chi connectivity index (χ1n) is 9.75. The van der Waals surface area contributed by atoms with Gasteiger partial charge in [-0.15, -0.1) is 0 Å². The summed E-state index contributed by atoms with van der Waals surface area (Å²) in [5.74, 6) is -0.530. The van der Waals surface area contributed by atoms with Crippen molar-refractivity contribution in [1.82, 2.24) is 0 Å². The molecule has 0 spiro atoms. The Kier molecular flexibility index (Phi) is 6.43. The molecule has 3 atom stereocenters. The van der Waals surface area contributed by atoms with Crippen molar-refractivity contribution in [3.8, 4) is 0 Å². The molecule has 5 nitrogen and oxygen atoms in total. The van der Waals surface area contributed by atoms with E-state index in [9.17, 15) is 14.4 Å². The average molecular weight is 370 g/mol. The Hall–Kier alpha value is -2.43. The lowest BCUT2D eigenvalue weighted by Gasteiger charge is -2.16. The number of hydrogen-bond donors (Lipinski definition) is 0. The van der Waals surface area contributed by atoms with E-state index in [4.69, 9.17) is 9.47 Å². The van der Waals surface area contributed by atoms with Gasteiger partial charge in [0, 0.05) is 25.2 Å². The Labute approximate surface area is 159 Å². The van der Waals surface area contributed by atoms with E-state index in [1.807, 2.05) is 12.1 Å². The highest BCUT2D eigenvalue weighted by molar-refractivity contribution is 5.89. The second kappa shape index (κ2) is 8.98. The van der Waals surface area contributed by atoms with Crippen LogP contribution < -0.4 is 0 Å². The highest BCUT2D eigenvalue weighted by Gasteiger charge is 2.48. The lowest BCUT2D eigenvalue weighted by Crippen LogP contribution is -2.19. The molecule has 1 aromatic carbocycles. The van der Waals surface area contributed by atoms with Crippen molar-refractivity contribution in [2.24, 2.45) is 5.92 Å². The Morgan fingerprint density at radius 1 is 1.22 bits per heavy atom. The van der Waals surface area contributed by atoms with Crippen LogP contribution in [0.3, 0.4) is 0 Å². The summed E-state index contributed by atoms with van der Waals surface area (Å²) < 4.78 is 11.1. The first-order valence-corrected chi connectivity index (χ1v) is 9.75. The monoisotopic (exact) mass is 370 g/mol. The molecule has 5 heteroatoms. The van der Waals surface area contributed by atoms with Crippen molar-refractivity contribution in [1.29, 1.82) is 0 Å². The zero-order valence-corrected chi connectivity index (χ0v) is 15.7. The van der Waals surface area contributed by atoms with Crippen molar-refractivity contribution < 1.29 is 23.9 Å². The van der Waals surface area contributed by atoms with Crippen LogP contribution in [-0.2, 0) is 19.1 Å². The summed E-state index contributed by atoms with van der Waals surface area (Å²) in [5.41, 5.74) is 1.35. The highest BCUT2D eigenvalue weighted by atomic mass is 16.6. The van der Waals surface area contributed by atoms with Crippen molar-refractivity contribution >= 4 is 17.7 Å². The van der Waals surface area contributed by atoms with Crippen LogP contribution in [0, 0.1) is 5.92 Å². The maximum atomic E-state index is 12.4. The molecule has 1 aliphatic heterocycles. The third-order valence-electron chi connectivity index (χ3n) is 5.25. The van der Waals surface area contributed by atoms with Crippen LogP contribution >= 0.6 is 0 Å². The van der Waals surface area contributed by atoms with Crippen LogP contribution in [0.2, 0.25) is 0 Å². The van der Waals surface area contributed by atoms with E-state index >= 15 is 0 Å². The number of Topliss-reactive ketones (excluding diaryl/α,β-unsaturated/α-hetero) is 1. The number of rotatable bonds is 8. The van der Waals surface area contributed by atoms with Crippen molar-refractivity contribution in [2.75, 3.05) is 0 Å². The minimum absolute atomic E-state index is 0.0884.